The van der Waals surface area contributed by atoms with Gasteiger partial charge in [0.1, 0.15) is 11.9 Å². The van der Waals surface area contributed by atoms with Crippen LogP contribution in [0, 0.1) is 29.0 Å². The average molecular weight is 411 g/mol. The number of fused-ring (bicyclic) bond motifs is 3. The second kappa shape index (κ2) is 7.02. The van der Waals surface area contributed by atoms with Crippen LogP contribution in [-0.4, -0.2) is 15.6 Å². The number of nitrogens with zero attached hydrogens (tertiary/aromatic N) is 3. The van der Waals surface area contributed by atoms with Gasteiger partial charge in [0.15, 0.2) is 5.78 Å². The third-order valence-corrected chi connectivity index (χ3v) is 6.93. The molecular formula is C26H22FN3O. The quantitative estimate of drug-likeness (QED) is 0.585. The van der Waals surface area contributed by atoms with Crippen molar-refractivity contribution in [2.24, 2.45) is 11.8 Å². The maximum Gasteiger partial charge on any atom is 0.176 e. The number of halogens is 1. The zero-order chi connectivity index (χ0) is 21.8. The van der Waals surface area contributed by atoms with Crippen LogP contribution in [0.4, 0.5) is 4.39 Å². The van der Waals surface area contributed by atoms with Crippen molar-refractivity contribution in [3.8, 4) is 23.0 Å². The SMILES string of the molecule is C[C@H]1C(=O)C(C#N)=C[C@@]2(C)c3c(c(-c4ccccc4)nn3-c3ccc(F)cc3)CC[C@H]12. The lowest BCUT2D eigenvalue weighted by Crippen LogP contribution is -2.46. The summed E-state index contributed by atoms with van der Waals surface area (Å²) in [5.74, 6) is -0.552. The summed E-state index contributed by atoms with van der Waals surface area (Å²) in [5.41, 5.74) is 4.48. The van der Waals surface area contributed by atoms with Gasteiger partial charge in [0.25, 0.3) is 0 Å². The molecule has 0 aliphatic heterocycles. The lowest BCUT2D eigenvalue weighted by atomic mass is 9.57. The molecule has 0 bridgehead atoms. The molecule has 1 heterocycles. The van der Waals surface area contributed by atoms with Crippen LogP contribution in [0.1, 0.15) is 31.5 Å². The van der Waals surface area contributed by atoms with Gasteiger partial charge >= 0.3 is 0 Å². The summed E-state index contributed by atoms with van der Waals surface area (Å²) in [7, 11) is 0. The van der Waals surface area contributed by atoms with E-state index in [1.54, 1.807) is 12.1 Å². The first-order valence-corrected chi connectivity index (χ1v) is 10.5. The number of hydrogen-bond acceptors (Lipinski definition) is 3. The Labute approximate surface area is 180 Å². The van der Waals surface area contributed by atoms with E-state index in [-0.39, 0.29) is 29.0 Å². The molecule has 5 rings (SSSR count). The molecule has 0 radical (unpaired) electrons. The standard InChI is InChI=1S/C26H22FN3O/c1-16-22-13-12-21-23(17-6-4-3-5-7-17)29-30(20-10-8-19(27)9-11-20)25(21)26(22,2)14-18(15-28)24(16)31/h3-11,14,16,22H,12-13H2,1-2H3/t16-,22-,26-/m1/s1. The number of ketones is 1. The summed E-state index contributed by atoms with van der Waals surface area (Å²) in [6.07, 6.45) is 3.49. The van der Waals surface area contributed by atoms with Gasteiger partial charge in [-0.3, -0.25) is 4.79 Å². The Hall–Kier alpha value is -3.52. The number of benzene rings is 2. The fraction of sp³-hybridized carbons (Fsp3) is 0.269. The lowest BCUT2D eigenvalue weighted by Gasteiger charge is -2.45. The molecule has 2 aliphatic rings. The Balaban J connectivity index is 1.82. The molecule has 0 unspecified atom stereocenters. The molecule has 0 fully saturated rings. The summed E-state index contributed by atoms with van der Waals surface area (Å²) in [5, 5.41) is 14.6. The van der Waals surface area contributed by atoms with Gasteiger partial charge in [0, 0.05) is 22.5 Å². The van der Waals surface area contributed by atoms with Gasteiger partial charge in [0.2, 0.25) is 0 Å². The fourth-order valence-electron chi connectivity index (χ4n) is 5.44. The van der Waals surface area contributed by atoms with Crippen LogP contribution in [0.3, 0.4) is 0 Å². The Kier molecular flexibility index (Phi) is 4.40. The monoisotopic (exact) mass is 411 g/mol. The molecule has 2 aromatic carbocycles. The van der Waals surface area contributed by atoms with Crippen molar-refractivity contribution in [2.75, 3.05) is 0 Å². The Morgan fingerprint density at radius 1 is 1.16 bits per heavy atom. The van der Waals surface area contributed by atoms with E-state index >= 15 is 0 Å². The van der Waals surface area contributed by atoms with Crippen LogP contribution in [0.15, 0.2) is 66.2 Å². The molecule has 0 saturated heterocycles. The van der Waals surface area contributed by atoms with Gasteiger partial charge in [-0.05, 0) is 43.0 Å². The van der Waals surface area contributed by atoms with Crippen molar-refractivity contribution < 1.29 is 9.18 Å². The molecule has 2 aliphatic carbocycles. The molecule has 0 N–H and O–H groups in total. The van der Waals surface area contributed by atoms with E-state index in [9.17, 15) is 14.4 Å². The van der Waals surface area contributed by atoms with Crippen LogP contribution < -0.4 is 0 Å². The first kappa shape index (κ1) is 19.4. The Morgan fingerprint density at radius 3 is 2.55 bits per heavy atom. The van der Waals surface area contributed by atoms with E-state index in [0.717, 1.165) is 41.0 Å². The summed E-state index contributed by atoms with van der Waals surface area (Å²) < 4.78 is 15.5. The summed E-state index contributed by atoms with van der Waals surface area (Å²) in [6, 6.07) is 18.4. The van der Waals surface area contributed by atoms with Gasteiger partial charge in [-0.2, -0.15) is 10.4 Å². The van der Waals surface area contributed by atoms with Crippen molar-refractivity contribution in [1.29, 1.82) is 5.26 Å². The number of Topliss-reactive ketones (excluding diaryl/α,β-unsaturated/α-hetero) is 1. The summed E-state index contributed by atoms with van der Waals surface area (Å²) in [6.45, 7) is 4.03. The molecule has 154 valence electrons. The van der Waals surface area contributed by atoms with Crippen molar-refractivity contribution in [2.45, 2.75) is 32.1 Å². The first-order chi connectivity index (χ1) is 14.9. The van der Waals surface area contributed by atoms with E-state index in [4.69, 9.17) is 5.10 Å². The van der Waals surface area contributed by atoms with Gasteiger partial charge in [-0.1, -0.05) is 50.3 Å². The number of carbonyl (C=O) groups excluding carboxylic acids is 1. The van der Waals surface area contributed by atoms with Gasteiger partial charge in [0.05, 0.1) is 22.6 Å². The molecule has 1 aromatic heterocycles. The number of aromatic nitrogens is 2. The highest BCUT2D eigenvalue weighted by molar-refractivity contribution is 6.02. The predicted molar refractivity (Wildman–Crippen MR) is 116 cm³/mol. The topological polar surface area (TPSA) is 58.7 Å². The molecule has 0 saturated carbocycles. The molecule has 3 atom stereocenters. The van der Waals surface area contributed by atoms with Crippen molar-refractivity contribution in [3.63, 3.8) is 0 Å². The zero-order valence-corrected chi connectivity index (χ0v) is 17.5. The molecule has 0 amide bonds. The van der Waals surface area contributed by atoms with E-state index < -0.39 is 5.41 Å². The highest BCUT2D eigenvalue weighted by Crippen LogP contribution is 2.52. The van der Waals surface area contributed by atoms with Gasteiger partial charge in [-0.25, -0.2) is 9.07 Å². The molecule has 5 heteroatoms. The molecule has 3 aromatic rings. The molecular weight excluding hydrogens is 389 g/mol. The highest BCUT2D eigenvalue weighted by Gasteiger charge is 2.50. The van der Waals surface area contributed by atoms with Crippen LogP contribution in [0.2, 0.25) is 0 Å². The van der Waals surface area contributed by atoms with E-state index in [1.807, 2.05) is 48.0 Å². The van der Waals surface area contributed by atoms with E-state index in [2.05, 4.69) is 13.0 Å². The second-order valence-corrected chi connectivity index (χ2v) is 8.68. The summed E-state index contributed by atoms with van der Waals surface area (Å²) in [4.78, 5) is 12.7. The van der Waals surface area contributed by atoms with Gasteiger partial charge < -0.3 is 0 Å². The Morgan fingerprint density at radius 2 is 1.87 bits per heavy atom. The molecule has 0 spiro atoms. The minimum atomic E-state index is -0.527. The van der Waals surface area contributed by atoms with E-state index in [1.165, 1.54) is 12.1 Å². The largest absolute Gasteiger partial charge is 0.293 e. The van der Waals surface area contributed by atoms with Crippen LogP contribution >= 0.6 is 0 Å². The van der Waals surface area contributed by atoms with Crippen LogP contribution in [0.25, 0.3) is 16.9 Å². The minimum absolute atomic E-state index is 0.0733. The zero-order valence-electron chi connectivity index (χ0n) is 17.5. The fourth-order valence-corrected chi connectivity index (χ4v) is 5.44. The lowest BCUT2D eigenvalue weighted by molar-refractivity contribution is -0.121. The third-order valence-electron chi connectivity index (χ3n) is 6.93. The van der Waals surface area contributed by atoms with E-state index in [0.29, 0.717) is 0 Å². The third kappa shape index (κ3) is 2.86. The number of allylic oxidation sites excluding steroid dienone is 2. The predicted octanol–water partition coefficient (Wildman–Crippen LogP) is 5.17. The summed E-state index contributed by atoms with van der Waals surface area (Å²) >= 11 is 0. The van der Waals surface area contributed by atoms with Gasteiger partial charge in [-0.15, -0.1) is 0 Å². The Bertz CT molecular complexity index is 1250. The maximum absolute atomic E-state index is 13.6. The number of nitriles is 1. The number of hydrogen-bond donors (Lipinski definition) is 0. The minimum Gasteiger partial charge on any atom is -0.293 e. The van der Waals surface area contributed by atoms with Crippen molar-refractivity contribution >= 4 is 5.78 Å². The molecule has 31 heavy (non-hydrogen) atoms. The first-order valence-electron chi connectivity index (χ1n) is 10.5. The normalized spacial score (nSPS) is 24.7. The van der Waals surface area contributed by atoms with Crippen molar-refractivity contribution in [3.05, 3.63) is 83.3 Å². The van der Waals surface area contributed by atoms with Crippen molar-refractivity contribution in [1.82, 2.24) is 9.78 Å². The highest BCUT2D eigenvalue weighted by atomic mass is 19.1. The molecule has 4 nitrogen and oxygen atoms in total. The van der Waals surface area contributed by atoms with Crippen LogP contribution in [0.5, 0.6) is 0 Å². The smallest absolute Gasteiger partial charge is 0.176 e. The maximum atomic E-state index is 13.6. The second-order valence-electron chi connectivity index (χ2n) is 8.68. The van der Waals surface area contributed by atoms with Crippen LogP contribution in [-0.2, 0) is 16.6 Å². The number of rotatable bonds is 2. The average Bonchev–Trinajstić information content (AvgIpc) is 3.18. The number of carbonyl (C=O) groups is 1.